The first-order valence-electron chi connectivity index (χ1n) is 7.96. The number of anilines is 2. The summed E-state index contributed by atoms with van der Waals surface area (Å²) in [4.78, 5) is 27.7. The highest BCUT2D eigenvalue weighted by atomic mass is 32.2. The standard InChI is InChI=1S/C19H20N2O2S/c1-13-7-3-4-8-15(13)20-18(22)12-21-16-9-5-6-10-17(16)24-14(2)11-19(21)23/h3-10,14H,11-12H2,1-2H3,(H,20,22)/t14-/m1/s1. The minimum absolute atomic E-state index is 0.0140. The Labute approximate surface area is 146 Å². The highest BCUT2D eigenvalue weighted by Gasteiger charge is 2.27. The maximum absolute atomic E-state index is 12.6. The molecule has 1 aliphatic heterocycles. The van der Waals surface area contributed by atoms with Crippen molar-refractivity contribution in [1.82, 2.24) is 0 Å². The summed E-state index contributed by atoms with van der Waals surface area (Å²) in [5.41, 5.74) is 2.59. The Hall–Kier alpha value is -2.27. The van der Waals surface area contributed by atoms with Gasteiger partial charge >= 0.3 is 0 Å². The van der Waals surface area contributed by atoms with Crippen LogP contribution in [0.5, 0.6) is 0 Å². The van der Waals surface area contributed by atoms with Crippen molar-refractivity contribution in [1.29, 1.82) is 0 Å². The van der Waals surface area contributed by atoms with E-state index in [9.17, 15) is 9.59 Å². The topological polar surface area (TPSA) is 49.4 Å². The van der Waals surface area contributed by atoms with Gasteiger partial charge in [-0.3, -0.25) is 9.59 Å². The summed E-state index contributed by atoms with van der Waals surface area (Å²) < 4.78 is 0. The second kappa shape index (κ2) is 7.09. The van der Waals surface area contributed by atoms with Crippen LogP contribution in [0.15, 0.2) is 53.4 Å². The molecule has 24 heavy (non-hydrogen) atoms. The number of amides is 2. The van der Waals surface area contributed by atoms with Crippen LogP contribution >= 0.6 is 11.8 Å². The normalized spacial score (nSPS) is 17.2. The summed E-state index contributed by atoms with van der Waals surface area (Å²) >= 11 is 1.68. The van der Waals surface area contributed by atoms with E-state index in [1.807, 2.05) is 62.4 Å². The first-order valence-corrected chi connectivity index (χ1v) is 8.84. The molecular formula is C19H20N2O2S. The van der Waals surface area contributed by atoms with E-state index in [1.54, 1.807) is 16.7 Å². The van der Waals surface area contributed by atoms with Crippen molar-refractivity contribution in [2.45, 2.75) is 30.4 Å². The maximum atomic E-state index is 12.6. The van der Waals surface area contributed by atoms with Crippen molar-refractivity contribution in [3.05, 3.63) is 54.1 Å². The molecule has 0 fully saturated rings. The van der Waals surface area contributed by atoms with Crippen molar-refractivity contribution >= 4 is 35.0 Å². The number of carbonyl (C=O) groups is 2. The smallest absolute Gasteiger partial charge is 0.244 e. The summed E-state index contributed by atoms with van der Waals surface area (Å²) in [6.07, 6.45) is 0.428. The van der Waals surface area contributed by atoms with Gasteiger partial charge in [0.25, 0.3) is 0 Å². The molecule has 0 aromatic heterocycles. The highest BCUT2D eigenvalue weighted by molar-refractivity contribution is 8.00. The average molecular weight is 340 g/mol. The zero-order valence-corrected chi connectivity index (χ0v) is 14.6. The number of aryl methyl sites for hydroxylation is 1. The average Bonchev–Trinajstić information content (AvgIpc) is 2.66. The number of nitrogens with zero attached hydrogens (tertiary/aromatic N) is 1. The van der Waals surface area contributed by atoms with E-state index in [4.69, 9.17) is 0 Å². The van der Waals surface area contributed by atoms with Crippen molar-refractivity contribution < 1.29 is 9.59 Å². The minimum Gasteiger partial charge on any atom is -0.324 e. The Balaban J connectivity index is 1.81. The van der Waals surface area contributed by atoms with E-state index >= 15 is 0 Å². The quantitative estimate of drug-likeness (QED) is 0.923. The van der Waals surface area contributed by atoms with E-state index in [0.29, 0.717) is 6.42 Å². The fourth-order valence-electron chi connectivity index (χ4n) is 2.75. The molecule has 3 rings (SSSR count). The summed E-state index contributed by atoms with van der Waals surface area (Å²) in [5.74, 6) is -0.202. The van der Waals surface area contributed by atoms with E-state index in [0.717, 1.165) is 21.8 Å². The van der Waals surface area contributed by atoms with Crippen LogP contribution in [0, 0.1) is 6.92 Å². The molecule has 0 unspecified atom stereocenters. The molecule has 0 spiro atoms. The molecular weight excluding hydrogens is 320 g/mol. The lowest BCUT2D eigenvalue weighted by molar-refractivity contribution is -0.121. The zero-order chi connectivity index (χ0) is 17.1. The van der Waals surface area contributed by atoms with Crippen molar-refractivity contribution in [3.63, 3.8) is 0 Å². The number of benzene rings is 2. The molecule has 1 aliphatic rings. The summed E-state index contributed by atoms with van der Waals surface area (Å²) in [5, 5.41) is 3.10. The molecule has 1 N–H and O–H groups in total. The van der Waals surface area contributed by atoms with Gasteiger partial charge in [0.05, 0.1) is 5.69 Å². The van der Waals surface area contributed by atoms with Gasteiger partial charge in [0.15, 0.2) is 0 Å². The fourth-order valence-corrected chi connectivity index (χ4v) is 3.86. The lowest BCUT2D eigenvalue weighted by Crippen LogP contribution is -2.38. The molecule has 124 valence electrons. The fraction of sp³-hybridized carbons (Fsp3) is 0.263. The van der Waals surface area contributed by atoms with Gasteiger partial charge in [0.1, 0.15) is 6.54 Å². The summed E-state index contributed by atoms with van der Waals surface area (Å²) in [6, 6.07) is 15.4. The first-order chi connectivity index (χ1) is 11.5. The number of hydrogen-bond acceptors (Lipinski definition) is 3. The van der Waals surface area contributed by atoms with Gasteiger partial charge in [-0.1, -0.05) is 37.3 Å². The largest absolute Gasteiger partial charge is 0.324 e. The van der Waals surface area contributed by atoms with Crippen molar-refractivity contribution in [2.24, 2.45) is 0 Å². The maximum Gasteiger partial charge on any atom is 0.244 e. The lowest BCUT2D eigenvalue weighted by atomic mass is 10.2. The molecule has 1 heterocycles. The lowest BCUT2D eigenvalue weighted by Gasteiger charge is -2.22. The van der Waals surface area contributed by atoms with Crippen LogP contribution in [-0.4, -0.2) is 23.6 Å². The molecule has 0 radical (unpaired) electrons. The third-order valence-electron chi connectivity index (χ3n) is 3.97. The number of nitrogens with one attached hydrogen (secondary N) is 1. The Kier molecular flexibility index (Phi) is 4.90. The number of rotatable bonds is 3. The zero-order valence-electron chi connectivity index (χ0n) is 13.8. The second-order valence-electron chi connectivity index (χ2n) is 5.94. The molecule has 2 aromatic carbocycles. The van der Waals surface area contributed by atoms with Crippen LogP contribution in [0.4, 0.5) is 11.4 Å². The molecule has 5 heteroatoms. The van der Waals surface area contributed by atoms with Crippen LogP contribution in [0.25, 0.3) is 0 Å². The van der Waals surface area contributed by atoms with Gasteiger partial charge in [-0.15, -0.1) is 11.8 Å². The Morgan fingerprint density at radius 1 is 1.21 bits per heavy atom. The Morgan fingerprint density at radius 2 is 1.92 bits per heavy atom. The number of fused-ring (bicyclic) bond motifs is 1. The van der Waals surface area contributed by atoms with Crippen LogP contribution in [0.2, 0.25) is 0 Å². The van der Waals surface area contributed by atoms with E-state index < -0.39 is 0 Å². The molecule has 0 bridgehead atoms. The number of thioether (sulfide) groups is 1. The molecule has 0 saturated carbocycles. The number of carbonyl (C=O) groups excluding carboxylic acids is 2. The van der Waals surface area contributed by atoms with Gasteiger partial charge in [0, 0.05) is 22.3 Å². The molecule has 2 amide bonds. The Bertz CT molecular complexity index is 775. The van der Waals surface area contributed by atoms with Gasteiger partial charge in [-0.25, -0.2) is 0 Å². The number of hydrogen-bond donors (Lipinski definition) is 1. The van der Waals surface area contributed by atoms with Crippen LogP contribution in [0.1, 0.15) is 18.9 Å². The predicted molar refractivity (Wildman–Crippen MR) is 98.5 cm³/mol. The van der Waals surface area contributed by atoms with E-state index in [1.165, 1.54) is 0 Å². The molecule has 0 aliphatic carbocycles. The third-order valence-corrected chi connectivity index (χ3v) is 5.14. The third kappa shape index (κ3) is 3.62. The van der Waals surface area contributed by atoms with Gasteiger partial charge < -0.3 is 10.2 Å². The summed E-state index contributed by atoms with van der Waals surface area (Å²) in [6.45, 7) is 4.01. The van der Waals surface area contributed by atoms with Crippen molar-refractivity contribution in [2.75, 3.05) is 16.8 Å². The molecule has 4 nitrogen and oxygen atoms in total. The van der Waals surface area contributed by atoms with Gasteiger partial charge in [0.2, 0.25) is 11.8 Å². The van der Waals surface area contributed by atoms with Crippen molar-refractivity contribution in [3.8, 4) is 0 Å². The van der Waals surface area contributed by atoms with Gasteiger partial charge in [-0.2, -0.15) is 0 Å². The second-order valence-corrected chi connectivity index (χ2v) is 7.42. The van der Waals surface area contributed by atoms with E-state index in [2.05, 4.69) is 5.32 Å². The predicted octanol–water partition coefficient (Wildman–Crippen LogP) is 3.85. The summed E-state index contributed by atoms with van der Waals surface area (Å²) in [7, 11) is 0. The highest BCUT2D eigenvalue weighted by Crippen LogP contribution is 2.37. The molecule has 1 atom stereocenters. The van der Waals surface area contributed by atoms with Crippen LogP contribution in [-0.2, 0) is 9.59 Å². The molecule has 0 saturated heterocycles. The first kappa shape index (κ1) is 16.6. The molecule has 2 aromatic rings. The number of para-hydroxylation sites is 2. The Morgan fingerprint density at radius 3 is 2.71 bits per heavy atom. The van der Waals surface area contributed by atoms with E-state index in [-0.39, 0.29) is 23.6 Å². The van der Waals surface area contributed by atoms with Gasteiger partial charge in [-0.05, 0) is 30.7 Å². The van der Waals surface area contributed by atoms with Crippen LogP contribution < -0.4 is 10.2 Å². The SMILES string of the molecule is Cc1ccccc1NC(=O)CN1C(=O)C[C@@H](C)Sc2ccccc21. The minimum atomic E-state index is -0.188. The van der Waals surface area contributed by atoms with Crippen LogP contribution in [0.3, 0.4) is 0 Å². The monoisotopic (exact) mass is 340 g/mol.